The van der Waals surface area contributed by atoms with Crippen molar-refractivity contribution in [2.75, 3.05) is 5.32 Å². The lowest BCUT2D eigenvalue weighted by Crippen LogP contribution is -2.14. The van der Waals surface area contributed by atoms with Gasteiger partial charge in [-0.25, -0.2) is 8.78 Å². The summed E-state index contributed by atoms with van der Waals surface area (Å²) < 4.78 is 27.1. The van der Waals surface area contributed by atoms with Gasteiger partial charge in [0.2, 0.25) is 0 Å². The van der Waals surface area contributed by atoms with Crippen molar-refractivity contribution in [3.05, 3.63) is 62.7 Å². The van der Waals surface area contributed by atoms with Gasteiger partial charge < -0.3 is 5.32 Å². The minimum Gasteiger partial charge on any atom is -0.321 e. The molecule has 2 aromatic carbocycles. The molecular weight excluding hydrogens is 363 g/mol. The second kappa shape index (κ2) is 5.64. The van der Waals surface area contributed by atoms with Crippen LogP contribution >= 0.6 is 22.6 Å². The predicted molar refractivity (Wildman–Crippen MR) is 78.2 cm³/mol. The highest BCUT2D eigenvalue weighted by atomic mass is 127. The zero-order valence-electron chi connectivity index (χ0n) is 10.0. The van der Waals surface area contributed by atoms with E-state index in [1.54, 1.807) is 6.07 Å². The Kier molecular flexibility index (Phi) is 4.14. The number of rotatable bonds is 2. The number of aryl methyl sites for hydroxylation is 1. The quantitative estimate of drug-likeness (QED) is 0.789. The Morgan fingerprint density at radius 3 is 2.53 bits per heavy atom. The van der Waals surface area contributed by atoms with Crippen LogP contribution in [0.5, 0.6) is 0 Å². The third-order valence-electron chi connectivity index (χ3n) is 2.55. The molecule has 0 aliphatic heterocycles. The SMILES string of the molecule is Cc1ccc(NC(=O)c2ccc(F)cc2F)c(I)c1. The number of carbonyl (C=O) groups is 1. The van der Waals surface area contributed by atoms with Gasteiger partial charge in [0.05, 0.1) is 11.3 Å². The molecule has 0 atom stereocenters. The number of anilines is 1. The zero-order valence-corrected chi connectivity index (χ0v) is 12.2. The van der Waals surface area contributed by atoms with Crippen molar-refractivity contribution in [3.63, 3.8) is 0 Å². The Morgan fingerprint density at radius 1 is 1.16 bits per heavy atom. The van der Waals surface area contributed by atoms with Gasteiger partial charge in [0, 0.05) is 9.64 Å². The second-order valence-electron chi connectivity index (χ2n) is 4.06. The van der Waals surface area contributed by atoms with Crippen LogP contribution < -0.4 is 5.32 Å². The fourth-order valence-electron chi connectivity index (χ4n) is 1.58. The summed E-state index contributed by atoms with van der Waals surface area (Å²) in [4.78, 5) is 11.9. The molecule has 0 saturated heterocycles. The molecule has 0 unspecified atom stereocenters. The van der Waals surface area contributed by atoms with Crippen LogP contribution in [0.1, 0.15) is 15.9 Å². The first kappa shape index (κ1) is 13.9. The monoisotopic (exact) mass is 373 g/mol. The first-order valence-electron chi connectivity index (χ1n) is 5.50. The van der Waals surface area contributed by atoms with Crippen LogP contribution in [0.15, 0.2) is 36.4 Å². The van der Waals surface area contributed by atoms with Gasteiger partial charge in [-0.2, -0.15) is 0 Å². The highest BCUT2D eigenvalue weighted by Crippen LogP contribution is 2.20. The van der Waals surface area contributed by atoms with Gasteiger partial charge in [0.15, 0.2) is 0 Å². The predicted octanol–water partition coefficient (Wildman–Crippen LogP) is 4.13. The van der Waals surface area contributed by atoms with Gasteiger partial charge in [-0.05, 0) is 59.3 Å². The van der Waals surface area contributed by atoms with Crippen LogP contribution in [0, 0.1) is 22.1 Å². The van der Waals surface area contributed by atoms with Crippen molar-refractivity contribution in [2.24, 2.45) is 0 Å². The van der Waals surface area contributed by atoms with Gasteiger partial charge in [0.1, 0.15) is 11.6 Å². The topological polar surface area (TPSA) is 29.1 Å². The smallest absolute Gasteiger partial charge is 0.258 e. The largest absolute Gasteiger partial charge is 0.321 e. The number of carbonyl (C=O) groups excluding carboxylic acids is 1. The van der Waals surface area contributed by atoms with Crippen LogP contribution in [-0.4, -0.2) is 5.91 Å². The van der Waals surface area contributed by atoms with Crippen LogP contribution in [0.2, 0.25) is 0 Å². The Balaban J connectivity index is 2.25. The molecule has 0 saturated carbocycles. The highest BCUT2D eigenvalue weighted by Gasteiger charge is 2.13. The molecule has 0 aromatic heterocycles. The molecule has 0 fully saturated rings. The lowest BCUT2D eigenvalue weighted by Gasteiger charge is -2.08. The third-order valence-corrected chi connectivity index (χ3v) is 3.44. The molecular formula is C14H10F2INO. The van der Waals surface area contributed by atoms with E-state index in [0.717, 1.165) is 21.3 Å². The van der Waals surface area contributed by atoms with Crippen molar-refractivity contribution in [1.82, 2.24) is 0 Å². The number of amides is 1. The molecule has 0 heterocycles. The highest BCUT2D eigenvalue weighted by molar-refractivity contribution is 14.1. The molecule has 0 radical (unpaired) electrons. The average Bonchev–Trinajstić information content (AvgIpc) is 2.32. The summed E-state index contributed by atoms with van der Waals surface area (Å²) in [6.07, 6.45) is 0. The summed E-state index contributed by atoms with van der Waals surface area (Å²) in [6.45, 7) is 1.94. The Hall–Kier alpha value is -1.50. The van der Waals surface area contributed by atoms with Crippen LogP contribution in [-0.2, 0) is 0 Å². The van der Waals surface area contributed by atoms with E-state index in [1.807, 2.05) is 19.1 Å². The van der Waals surface area contributed by atoms with E-state index < -0.39 is 17.5 Å². The lowest BCUT2D eigenvalue weighted by atomic mass is 10.1. The van der Waals surface area contributed by atoms with E-state index in [-0.39, 0.29) is 5.56 Å². The molecule has 0 bridgehead atoms. The second-order valence-corrected chi connectivity index (χ2v) is 5.22. The minimum atomic E-state index is -0.875. The maximum absolute atomic E-state index is 13.5. The first-order valence-corrected chi connectivity index (χ1v) is 6.58. The van der Waals surface area contributed by atoms with Crippen LogP contribution in [0.3, 0.4) is 0 Å². The van der Waals surface area contributed by atoms with Crippen LogP contribution in [0.4, 0.5) is 14.5 Å². The summed E-state index contributed by atoms with van der Waals surface area (Å²) >= 11 is 2.08. The fraction of sp³-hybridized carbons (Fsp3) is 0.0714. The number of hydrogen-bond acceptors (Lipinski definition) is 1. The molecule has 2 nitrogen and oxygen atoms in total. The van der Waals surface area contributed by atoms with E-state index in [2.05, 4.69) is 27.9 Å². The minimum absolute atomic E-state index is 0.183. The molecule has 98 valence electrons. The first-order chi connectivity index (χ1) is 8.97. The van der Waals surface area contributed by atoms with Gasteiger partial charge in [0.25, 0.3) is 5.91 Å². The number of nitrogens with one attached hydrogen (secondary N) is 1. The van der Waals surface area contributed by atoms with Gasteiger partial charge in [-0.3, -0.25) is 4.79 Å². The van der Waals surface area contributed by atoms with E-state index in [9.17, 15) is 13.6 Å². The molecule has 2 rings (SSSR count). The normalized spacial score (nSPS) is 10.3. The molecule has 2 aromatic rings. The van der Waals surface area contributed by atoms with Crippen molar-refractivity contribution < 1.29 is 13.6 Å². The van der Waals surface area contributed by atoms with E-state index in [1.165, 1.54) is 0 Å². The zero-order chi connectivity index (χ0) is 14.0. The van der Waals surface area contributed by atoms with Crippen molar-refractivity contribution in [1.29, 1.82) is 0 Å². The standard InChI is InChI=1S/C14H10F2INO/c1-8-2-5-13(12(17)6-8)18-14(19)10-4-3-9(15)7-11(10)16/h2-7H,1H3,(H,18,19). The molecule has 5 heteroatoms. The molecule has 1 N–H and O–H groups in total. The van der Waals surface area contributed by atoms with Gasteiger partial charge >= 0.3 is 0 Å². The summed E-state index contributed by atoms with van der Waals surface area (Å²) in [5.41, 5.74) is 1.48. The maximum atomic E-state index is 13.5. The Labute approximate surface area is 123 Å². The molecule has 0 spiro atoms. The van der Waals surface area contributed by atoms with E-state index >= 15 is 0 Å². The van der Waals surface area contributed by atoms with Crippen molar-refractivity contribution >= 4 is 34.2 Å². The number of halogens is 3. The third kappa shape index (κ3) is 3.28. The summed E-state index contributed by atoms with van der Waals surface area (Å²) in [5, 5.41) is 2.61. The molecule has 19 heavy (non-hydrogen) atoms. The van der Waals surface area contributed by atoms with Gasteiger partial charge in [-0.1, -0.05) is 6.07 Å². The van der Waals surface area contributed by atoms with Crippen molar-refractivity contribution in [3.8, 4) is 0 Å². The Morgan fingerprint density at radius 2 is 1.89 bits per heavy atom. The van der Waals surface area contributed by atoms with Crippen molar-refractivity contribution in [2.45, 2.75) is 6.92 Å². The fourth-order valence-corrected chi connectivity index (χ4v) is 2.39. The lowest BCUT2D eigenvalue weighted by molar-refractivity contribution is 0.102. The summed E-state index contributed by atoms with van der Waals surface area (Å²) in [6, 6.07) is 8.36. The maximum Gasteiger partial charge on any atom is 0.258 e. The Bertz CT molecular complexity index is 643. The average molecular weight is 373 g/mol. The summed E-state index contributed by atoms with van der Waals surface area (Å²) in [5.74, 6) is -2.18. The molecule has 0 aliphatic carbocycles. The van der Waals surface area contributed by atoms with Gasteiger partial charge in [-0.15, -0.1) is 0 Å². The van der Waals surface area contributed by atoms with E-state index in [4.69, 9.17) is 0 Å². The molecule has 0 aliphatic rings. The summed E-state index contributed by atoms with van der Waals surface area (Å²) in [7, 11) is 0. The number of benzene rings is 2. The van der Waals surface area contributed by atoms with Crippen LogP contribution in [0.25, 0.3) is 0 Å². The number of hydrogen-bond donors (Lipinski definition) is 1. The van der Waals surface area contributed by atoms with E-state index in [0.29, 0.717) is 11.8 Å². The molecule has 1 amide bonds.